The van der Waals surface area contributed by atoms with Crippen molar-refractivity contribution in [2.24, 2.45) is 5.41 Å². The fraction of sp³-hybridized carbons (Fsp3) is 0.500. The van der Waals surface area contributed by atoms with Crippen molar-refractivity contribution in [1.82, 2.24) is 4.90 Å². The molecular formula is C16H17F2NO3. The Balaban J connectivity index is 1.70. The number of nitrogens with zero attached hydrogens (tertiary/aromatic N) is 1. The summed E-state index contributed by atoms with van der Waals surface area (Å²) >= 11 is 0. The molecule has 3 aliphatic rings. The molecule has 2 aliphatic heterocycles. The van der Waals surface area contributed by atoms with Gasteiger partial charge in [0.15, 0.2) is 11.6 Å². The second kappa shape index (κ2) is 4.76. The zero-order valence-corrected chi connectivity index (χ0v) is 12.2. The third-order valence-corrected chi connectivity index (χ3v) is 4.83. The minimum Gasteiger partial charge on any atom is -0.479 e. The monoisotopic (exact) mass is 309 g/mol. The number of hydrogen-bond donors (Lipinski definition) is 1. The molecule has 0 atom stereocenters. The summed E-state index contributed by atoms with van der Waals surface area (Å²) in [5.41, 5.74) is -1.08. The number of aryl methyl sites for hydroxylation is 1. The fourth-order valence-corrected chi connectivity index (χ4v) is 3.91. The largest absolute Gasteiger partial charge is 0.479 e. The zero-order chi connectivity index (χ0) is 16.1. The van der Waals surface area contributed by atoms with Crippen LogP contribution in [0.4, 0.5) is 8.78 Å². The van der Waals surface area contributed by atoms with E-state index in [9.17, 15) is 23.5 Å². The van der Waals surface area contributed by atoms with E-state index in [1.807, 2.05) is 6.92 Å². The van der Waals surface area contributed by atoms with Gasteiger partial charge in [-0.1, -0.05) is 19.1 Å². The molecule has 1 saturated carbocycles. The van der Waals surface area contributed by atoms with Crippen LogP contribution in [0.5, 0.6) is 0 Å². The van der Waals surface area contributed by atoms with E-state index in [1.165, 1.54) is 17.0 Å². The number of carboxylic acids is 1. The highest BCUT2D eigenvalue weighted by Gasteiger charge is 2.68. The van der Waals surface area contributed by atoms with Gasteiger partial charge in [0.05, 0.1) is 0 Å². The fourth-order valence-electron chi connectivity index (χ4n) is 3.91. The number of carbonyl (C=O) groups is 2. The van der Waals surface area contributed by atoms with Crippen LogP contribution in [0, 0.1) is 17.0 Å². The van der Waals surface area contributed by atoms with Gasteiger partial charge in [-0.2, -0.15) is 0 Å². The Morgan fingerprint density at radius 2 is 2.00 bits per heavy atom. The number of amides is 1. The molecule has 1 amide bonds. The second-order valence-electron chi connectivity index (χ2n) is 6.69. The van der Waals surface area contributed by atoms with Crippen LogP contribution in [0.25, 0.3) is 0 Å². The second-order valence-corrected chi connectivity index (χ2v) is 6.69. The van der Waals surface area contributed by atoms with Gasteiger partial charge in [-0.3, -0.25) is 4.79 Å². The van der Waals surface area contributed by atoms with Gasteiger partial charge in [0, 0.05) is 13.0 Å². The maximum atomic E-state index is 13.6. The molecule has 0 unspecified atom stereocenters. The van der Waals surface area contributed by atoms with E-state index < -0.39 is 23.1 Å². The Hall–Kier alpha value is -1.98. The SMILES string of the molecule is CC12CN(C(=O)CCc3cccc(F)c3F)C(C(=O)O)(C1)C2. The zero-order valence-electron chi connectivity index (χ0n) is 12.2. The minimum atomic E-state index is -1.09. The summed E-state index contributed by atoms with van der Waals surface area (Å²) in [5, 5.41) is 9.41. The highest BCUT2D eigenvalue weighted by Crippen LogP contribution is 2.59. The lowest BCUT2D eigenvalue weighted by atomic mass is 9.63. The van der Waals surface area contributed by atoms with Gasteiger partial charge in [0.2, 0.25) is 5.91 Å². The normalized spacial score (nSPS) is 29.3. The van der Waals surface area contributed by atoms with Crippen molar-refractivity contribution in [3.63, 3.8) is 0 Å². The number of aliphatic carboxylic acids is 1. The van der Waals surface area contributed by atoms with E-state index >= 15 is 0 Å². The topological polar surface area (TPSA) is 57.6 Å². The van der Waals surface area contributed by atoms with Crippen molar-refractivity contribution in [2.75, 3.05) is 6.54 Å². The average Bonchev–Trinajstić information content (AvgIpc) is 2.90. The first kappa shape index (κ1) is 14.9. The summed E-state index contributed by atoms with van der Waals surface area (Å²) < 4.78 is 26.7. The van der Waals surface area contributed by atoms with Gasteiger partial charge in [-0.05, 0) is 36.3 Å². The third kappa shape index (κ3) is 2.09. The Labute approximate surface area is 126 Å². The molecule has 1 aromatic carbocycles. The maximum Gasteiger partial charge on any atom is 0.329 e. The van der Waals surface area contributed by atoms with Crippen molar-refractivity contribution < 1.29 is 23.5 Å². The summed E-state index contributed by atoms with van der Waals surface area (Å²) in [7, 11) is 0. The molecule has 2 bridgehead atoms. The van der Waals surface area contributed by atoms with Gasteiger partial charge in [-0.15, -0.1) is 0 Å². The van der Waals surface area contributed by atoms with Crippen LogP contribution in [0.3, 0.4) is 0 Å². The quantitative estimate of drug-likeness (QED) is 0.929. The highest BCUT2D eigenvalue weighted by molar-refractivity contribution is 5.90. The van der Waals surface area contributed by atoms with E-state index in [0.717, 1.165) is 6.07 Å². The lowest BCUT2D eigenvalue weighted by molar-refractivity contribution is -0.159. The summed E-state index contributed by atoms with van der Waals surface area (Å²) in [4.78, 5) is 25.2. The molecule has 118 valence electrons. The van der Waals surface area contributed by atoms with Gasteiger partial charge in [0.1, 0.15) is 5.54 Å². The molecule has 4 rings (SSSR count). The molecule has 1 aliphatic carbocycles. The predicted octanol–water partition coefficient (Wildman–Crippen LogP) is 2.36. The van der Waals surface area contributed by atoms with Crippen LogP contribution in [0.15, 0.2) is 18.2 Å². The first-order valence-electron chi connectivity index (χ1n) is 7.24. The van der Waals surface area contributed by atoms with Crippen molar-refractivity contribution >= 4 is 11.9 Å². The van der Waals surface area contributed by atoms with E-state index in [1.54, 1.807) is 0 Å². The number of fused-ring (bicyclic) bond motifs is 1. The molecule has 3 fully saturated rings. The molecule has 2 saturated heterocycles. The Bertz CT molecular complexity index is 653. The number of halogens is 2. The van der Waals surface area contributed by atoms with E-state index in [4.69, 9.17) is 0 Å². The molecule has 22 heavy (non-hydrogen) atoms. The summed E-state index contributed by atoms with van der Waals surface area (Å²) in [5.74, 6) is -3.18. The Morgan fingerprint density at radius 1 is 1.32 bits per heavy atom. The minimum absolute atomic E-state index is 0.0223. The first-order valence-corrected chi connectivity index (χ1v) is 7.24. The smallest absolute Gasteiger partial charge is 0.329 e. The van der Waals surface area contributed by atoms with Crippen molar-refractivity contribution in [3.05, 3.63) is 35.4 Å². The lowest BCUT2D eigenvalue weighted by Gasteiger charge is -2.42. The van der Waals surface area contributed by atoms with Crippen molar-refractivity contribution in [3.8, 4) is 0 Å². The molecule has 1 N–H and O–H groups in total. The number of carboxylic acid groups (broad SMARTS) is 1. The van der Waals surface area contributed by atoms with Crippen molar-refractivity contribution in [1.29, 1.82) is 0 Å². The molecule has 0 spiro atoms. The summed E-state index contributed by atoms with van der Waals surface area (Å²) in [6, 6.07) is 3.85. The van der Waals surface area contributed by atoms with E-state index in [-0.39, 0.29) is 29.7 Å². The van der Waals surface area contributed by atoms with Crippen molar-refractivity contribution in [2.45, 2.75) is 38.1 Å². The van der Waals surface area contributed by atoms with Crippen LogP contribution >= 0.6 is 0 Å². The van der Waals surface area contributed by atoms with Gasteiger partial charge < -0.3 is 10.0 Å². The Morgan fingerprint density at radius 3 is 2.64 bits per heavy atom. The van der Waals surface area contributed by atoms with E-state index in [0.29, 0.717) is 19.4 Å². The van der Waals surface area contributed by atoms with Crippen LogP contribution < -0.4 is 0 Å². The summed E-state index contributed by atoms with van der Waals surface area (Å²) in [6.07, 6.45) is 0.974. The third-order valence-electron chi connectivity index (χ3n) is 4.83. The van der Waals surface area contributed by atoms with Crippen LogP contribution in [0.2, 0.25) is 0 Å². The average molecular weight is 309 g/mol. The van der Waals surface area contributed by atoms with Crippen LogP contribution in [0.1, 0.15) is 31.7 Å². The molecule has 4 nitrogen and oxygen atoms in total. The molecule has 6 heteroatoms. The van der Waals surface area contributed by atoms with E-state index in [2.05, 4.69) is 0 Å². The summed E-state index contributed by atoms with van der Waals surface area (Å²) in [6.45, 7) is 2.39. The molecule has 1 aromatic rings. The van der Waals surface area contributed by atoms with Gasteiger partial charge in [-0.25, -0.2) is 13.6 Å². The Kier molecular flexibility index (Phi) is 3.23. The molecule has 2 heterocycles. The lowest BCUT2D eigenvalue weighted by Crippen LogP contribution is -2.56. The number of benzene rings is 1. The highest BCUT2D eigenvalue weighted by atomic mass is 19.2. The molecule has 0 radical (unpaired) electrons. The van der Waals surface area contributed by atoms with Gasteiger partial charge >= 0.3 is 5.97 Å². The van der Waals surface area contributed by atoms with Gasteiger partial charge in [0.25, 0.3) is 0 Å². The predicted molar refractivity (Wildman–Crippen MR) is 74.1 cm³/mol. The maximum absolute atomic E-state index is 13.6. The number of hydrogen-bond acceptors (Lipinski definition) is 2. The number of rotatable bonds is 4. The number of carbonyl (C=O) groups excluding carboxylic acids is 1. The standard InChI is InChI=1S/C16H17F2NO3/c1-15-7-16(8-15,14(21)22)19(9-15)12(20)6-5-10-3-2-4-11(17)13(10)18/h2-4H,5-9H2,1H3,(H,21,22). The molecule has 0 aromatic heterocycles. The van der Waals surface area contributed by atoms with Crippen LogP contribution in [-0.4, -0.2) is 34.0 Å². The first-order chi connectivity index (χ1) is 10.3. The molecular weight excluding hydrogens is 292 g/mol. The van der Waals surface area contributed by atoms with Crippen LogP contribution in [-0.2, 0) is 16.0 Å².